The van der Waals surface area contributed by atoms with E-state index in [1.54, 1.807) is 12.1 Å². The van der Waals surface area contributed by atoms with Gasteiger partial charge < -0.3 is 14.2 Å². The lowest BCUT2D eigenvalue weighted by Gasteiger charge is -2.14. The Morgan fingerprint density at radius 3 is 1.70 bits per heavy atom. The summed E-state index contributed by atoms with van der Waals surface area (Å²) in [4.78, 5) is 0. The van der Waals surface area contributed by atoms with Crippen molar-refractivity contribution in [1.29, 1.82) is 0 Å². The Morgan fingerprint density at radius 1 is 0.778 bits per heavy atom. The van der Waals surface area contributed by atoms with Crippen LogP contribution >= 0.6 is 11.8 Å². The van der Waals surface area contributed by atoms with E-state index in [0.717, 1.165) is 17.8 Å². The lowest BCUT2D eigenvalue weighted by molar-refractivity contribution is 0.371. The molecule has 0 saturated carbocycles. The van der Waals surface area contributed by atoms with Crippen LogP contribution in [0.25, 0.3) is 6.08 Å². The first kappa shape index (κ1) is 20.9. The molecule has 2 rings (SSSR count). The van der Waals surface area contributed by atoms with Gasteiger partial charge in [-0.1, -0.05) is 0 Å². The van der Waals surface area contributed by atoms with Crippen molar-refractivity contribution in [2.24, 2.45) is 0 Å². The van der Waals surface area contributed by atoms with E-state index in [1.807, 2.05) is 0 Å². The van der Waals surface area contributed by atoms with Crippen molar-refractivity contribution < 1.29 is 36.2 Å². The van der Waals surface area contributed by atoms with Crippen LogP contribution in [0.5, 0.6) is 17.2 Å². The van der Waals surface area contributed by atoms with E-state index in [9.17, 15) is 22.0 Å². The van der Waals surface area contributed by atoms with Crippen molar-refractivity contribution in [3.63, 3.8) is 0 Å². The second-order valence-corrected chi connectivity index (χ2v) is 6.00. The molecule has 2 aromatic rings. The molecule has 0 amide bonds. The minimum absolute atomic E-state index is 0.252. The number of benzene rings is 2. The summed E-state index contributed by atoms with van der Waals surface area (Å²) >= 11 is 1.05. The van der Waals surface area contributed by atoms with Crippen LogP contribution in [0.15, 0.2) is 17.5 Å². The Morgan fingerprint density at radius 2 is 1.26 bits per heavy atom. The van der Waals surface area contributed by atoms with E-state index in [1.165, 1.54) is 26.7 Å². The Bertz CT molecular complexity index is 817. The van der Waals surface area contributed by atoms with Crippen molar-refractivity contribution in [2.75, 3.05) is 21.3 Å². The zero-order valence-corrected chi connectivity index (χ0v) is 15.4. The number of rotatable bonds is 7. The minimum Gasteiger partial charge on any atom is -0.496 e. The van der Waals surface area contributed by atoms with Gasteiger partial charge >= 0.3 is 0 Å². The van der Waals surface area contributed by atoms with Crippen LogP contribution in [0, 0.1) is 29.1 Å². The van der Waals surface area contributed by atoms with Crippen LogP contribution in [0.3, 0.4) is 0 Å². The summed E-state index contributed by atoms with van der Waals surface area (Å²) < 4.78 is 82.4. The molecule has 0 aliphatic rings. The van der Waals surface area contributed by atoms with Crippen LogP contribution in [-0.4, -0.2) is 21.3 Å². The monoisotopic (exact) mass is 406 g/mol. The summed E-state index contributed by atoms with van der Waals surface area (Å²) in [6.07, 6.45) is 0.823. The molecular weight excluding hydrogens is 391 g/mol. The van der Waals surface area contributed by atoms with Gasteiger partial charge in [0.15, 0.2) is 23.3 Å². The molecule has 146 valence electrons. The maximum atomic E-state index is 13.6. The standard InChI is InChI=1S/C18H15F5O3S/c1-24-9-6-12(25-2)11(13(7-9)26-3)8-27-5-4-10-14(19)16(21)18(23)17(22)15(10)20/h4-7H,8H2,1-3H3/b5-4+. The molecule has 0 bridgehead atoms. The number of hydrogen-bond acceptors (Lipinski definition) is 4. The highest BCUT2D eigenvalue weighted by molar-refractivity contribution is 8.01. The number of thioether (sulfide) groups is 1. The fourth-order valence-corrected chi connectivity index (χ4v) is 3.02. The Kier molecular flexibility index (Phi) is 6.95. The highest BCUT2D eigenvalue weighted by atomic mass is 32.2. The summed E-state index contributed by atoms with van der Waals surface area (Å²) in [5, 5.41) is 1.22. The first-order valence-corrected chi connectivity index (χ1v) is 8.49. The average Bonchev–Trinajstić information content (AvgIpc) is 2.69. The third-order valence-electron chi connectivity index (χ3n) is 3.62. The molecule has 0 N–H and O–H groups in total. The van der Waals surface area contributed by atoms with E-state index in [4.69, 9.17) is 14.2 Å². The minimum atomic E-state index is -2.19. The molecule has 2 aromatic carbocycles. The quantitative estimate of drug-likeness (QED) is 0.354. The first-order valence-electron chi connectivity index (χ1n) is 7.44. The summed E-state index contributed by atoms with van der Waals surface area (Å²) in [7, 11) is 4.38. The predicted octanol–water partition coefficient (Wildman–Crippen LogP) is 5.31. The van der Waals surface area contributed by atoms with Gasteiger partial charge in [0.05, 0.1) is 26.9 Å². The van der Waals surface area contributed by atoms with Gasteiger partial charge in [-0.15, -0.1) is 11.8 Å². The lowest BCUT2D eigenvalue weighted by Crippen LogP contribution is -2.03. The van der Waals surface area contributed by atoms with Crippen LogP contribution in [0.4, 0.5) is 22.0 Å². The van der Waals surface area contributed by atoms with Crippen molar-refractivity contribution in [2.45, 2.75) is 5.75 Å². The molecular formula is C18H15F5O3S. The van der Waals surface area contributed by atoms with E-state index < -0.39 is 34.6 Å². The molecule has 0 aliphatic carbocycles. The van der Waals surface area contributed by atoms with Gasteiger partial charge in [0.25, 0.3) is 0 Å². The molecule has 0 spiro atoms. The fraction of sp³-hybridized carbons (Fsp3) is 0.222. The van der Waals surface area contributed by atoms with Crippen LogP contribution < -0.4 is 14.2 Å². The van der Waals surface area contributed by atoms with Gasteiger partial charge in [-0.05, 0) is 11.5 Å². The topological polar surface area (TPSA) is 27.7 Å². The zero-order valence-electron chi connectivity index (χ0n) is 14.5. The Labute approximate surface area is 156 Å². The van der Waals surface area contributed by atoms with Crippen LogP contribution in [0.1, 0.15) is 11.1 Å². The van der Waals surface area contributed by atoms with Crippen LogP contribution in [-0.2, 0) is 5.75 Å². The molecule has 0 aromatic heterocycles. The zero-order chi connectivity index (χ0) is 20.1. The summed E-state index contributed by atoms with van der Waals surface area (Å²) in [5.74, 6) is -8.26. The molecule has 0 aliphatic heterocycles. The van der Waals surface area contributed by atoms with Crippen molar-refractivity contribution >= 4 is 17.8 Å². The molecule has 0 fully saturated rings. The van der Waals surface area contributed by atoms with Crippen LogP contribution in [0.2, 0.25) is 0 Å². The van der Waals surface area contributed by atoms with Gasteiger partial charge in [0.2, 0.25) is 5.82 Å². The number of hydrogen-bond donors (Lipinski definition) is 0. The Hall–Kier alpha value is -2.42. The van der Waals surface area contributed by atoms with Gasteiger partial charge in [-0.3, -0.25) is 0 Å². The summed E-state index contributed by atoms with van der Waals surface area (Å²) in [6.45, 7) is 0. The molecule has 0 atom stereocenters. The molecule has 0 radical (unpaired) electrons. The largest absolute Gasteiger partial charge is 0.496 e. The van der Waals surface area contributed by atoms with Gasteiger partial charge in [-0.25, -0.2) is 22.0 Å². The molecule has 3 nitrogen and oxygen atoms in total. The third kappa shape index (κ3) is 4.29. The normalized spacial score (nSPS) is 11.1. The molecule has 0 unspecified atom stereocenters. The predicted molar refractivity (Wildman–Crippen MR) is 92.7 cm³/mol. The fourth-order valence-electron chi connectivity index (χ4n) is 2.24. The maximum Gasteiger partial charge on any atom is 0.200 e. The van der Waals surface area contributed by atoms with Crippen molar-refractivity contribution in [3.8, 4) is 17.2 Å². The second kappa shape index (κ2) is 8.98. The third-order valence-corrected chi connectivity index (χ3v) is 4.40. The average molecular weight is 406 g/mol. The maximum absolute atomic E-state index is 13.6. The van der Waals surface area contributed by atoms with E-state index in [0.29, 0.717) is 22.8 Å². The molecule has 0 heterocycles. The van der Waals surface area contributed by atoms with E-state index in [2.05, 4.69) is 0 Å². The summed E-state index contributed by atoms with van der Waals surface area (Å²) in [5.41, 5.74) is -0.375. The number of ether oxygens (including phenoxy) is 3. The van der Waals surface area contributed by atoms with Gasteiger partial charge in [0.1, 0.15) is 17.2 Å². The first-order chi connectivity index (χ1) is 12.8. The number of halogens is 5. The second-order valence-electron chi connectivity index (χ2n) is 5.11. The Balaban J connectivity index is 2.25. The SMILES string of the molecule is COc1cc(OC)c(CS/C=C/c2c(F)c(F)c(F)c(F)c2F)c(OC)c1. The number of methoxy groups -OCH3 is 3. The van der Waals surface area contributed by atoms with Gasteiger partial charge in [0, 0.05) is 23.4 Å². The summed E-state index contributed by atoms with van der Waals surface area (Å²) in [6, 6.07) is 3.26. The smallest absolute Gasteiger partial charge is 0.200 e. The van der Waals surface area contributed by atoms with Crippen molar-refractivity contribution in [3.05, 3.63) is 57.8 Å². The van der Waals surface area contributed by atoms with Crippen molar-refractivity contribution in [1.82, 2.24) is 0 Å². The van der Waals surface area contributed by atoms with Gasteiger partial charge in [-0.2, -0.15) is 0 Å². The molecule has 27 heavy (non-hydrogen) atoms. The van der Waals surface area contributed by atoms with E-state index >= 15 is 0 Å². The lowest BCUT2D eigenvalue weighted by atomic mass is 10.1. The molecule has 9 heteroatoms. The van der Waals surface area contributed by atoms with E-state index in [-0.39, 0.29) is 5.75 Å². The highest BCUT2D eigenvalue weighted by Gasteiger charge is 2.24. The molecule has 0 saturated heterocycles. The highest BCUT2D eigenvalue weighted by Crippen LogP contribution is 2.37.